The van der Waals surface area contributed by atoms with Gasteiger partial charge in [0.15, 0.2) is 0 Å². The summed E-state index contributed by atoms with van der Waals surface area (Å²) in [6.45, 7) is 0.250. The number of carboxylic acid groups (broad SMARTS) is 1. The van der Waals surface area contributed by atoms with Crippen molar-refractivity contribution in [1.82, 2.24) is 5.32 Å². The van der Waals surface area contributed by atoms with E-state index in [1.165, 1.54) is 25.3 Å². The third-order valence-electron chi connectivity index (χ3n) is 5.64. The number of amides is 1. The third-order valence-corrected chi connectivity index (χ3v) is 5.94. The Hall–Kier alpha value is -2.62. The van der Waals surface area contributed by atoms with Gasteiger partial charge >= 0.3 is 29.6 Å². The Kier molecular flexibility index (Phi) is 9.76. The summed E-state index contributed by atoms with van der Waals surface area (Å²) in [7, 11) is 1.48. The molecule has 182 valence electrons. The first kappa shape index (κ1) is 28.0. The number of halogens is 2. The molecule has 4 rings (SSSR count). The van der Waals surface area contributed by atoms with Crippen molar-refractivity contribution >= 4 is 23.5 Å². The fourth-order valence-electron chi connectivity index (χ4n) is 3.77. The zero-order valence-corrected chi connectivity index (χ0v) is 22.5. The molecule has 0 aliphatic carbocycles. The largest absolute Gasteiger partial charge is 1.00 e. The van der Waals surface area contributed by atoms with Crippen LogP contribution in [0.1, 0.15) is 33.8 Å². The topological polar surface area (TPSA) is 96.9 Å². The van der Waals surface area contributed by atoms with Crippen LogP contribution in [0, 0.1) is 5.82 Å². The maximum atomic E-state index is 13.1. The molecule has 1 amide bonds. The molecule has 1 N–H and O–H groups in total. The van der Waals surface area contributed by atoms with E-state index < -0.39 is 18.1 Å². The normalized spacial score (nSPS) is 15.0. The van der Waals surface area contributed by atoms with Gasteiger partial charge in [-0.15, -0.1) is 0 Å². The molecule has 10 heteroatoms. The van der Waals surface area contributed by atoms with Crippen molar-refractivity contribution in [2.75, 3.05) is 13.7 Å². The molecule has 36 heavy (non-hydrogen) atoms. The van der Waals surface area contributed by atoms with Gasteiger partial charge in [0.25, 0.3) is 5.91 Å². The van der Waals surface area contributed by atoms with Crippen molar-refractivity contribution in [1.29, 1.82) is 0 Å². The first-order valence-electron chi connectivity index (χ1n) is 10.9. The molecule has 0 saturated carbocycles. The number of carboxylic acids is 1. The first-order valence-corrected chi connectivity index (χ1v) is 11.2. The predicted octanol–water partition coefficient (Wildman–Crippen LogP) is 0.836. The van der Waals surface area contributed by atoms with Gasteiger partial charge in [-0.05, 0) is 54.4 Å². The number of ether oxygens (including phenoxy) is 3. The molecule has 0 spiro atoms. The molecule has 3 aromatic carbocycles. The summed E-state index contributed by atoms with van der Waals surface area (Å²) in [5.74, 6) is -1.55. The van der Waals surface area contributed by atoms with E-state index in [1.54, 1.807) is 42.5 Å². The number of carbonyl (C=O) groups excluding carboxylic acids is 2. The van der Waals surface area contributed by atoms with Gasteiger partial charge in [0.05, 0.1) is 11.6 Å². The summed E-state index contributed by atoms with van der Waals surface area (Å²) in [6.07, 6.45) is 0.0907. The number of nitrogens with one attached hydrogen (secondary N) is 1. The van der Waals surface area contributed by atoms with Crippen LogP contribution >= 0.6 is 11.6 Å². The van der Waals surface area contributed by atoms with E-state index in [4.69, 9.17) is 25.8 Å². The Morgan fingerprint density at radius 3 is 2.50 bits per heavy atom. The Morgan fingerprint density at radius 1 is 1.17 bits per heavy atom. The van der Waals surface area contributed by atoms with Crippen molar-refractivity contribution in [3.8, 4) is 17.2 Å². The summed E-state index contributed by atoms with van der Waals surface area (Å²) in [4.78, 5) is 24.0. The summed E-state index contributed by atoms with van der Waals surface area (Å²) in [5, 5.41) is 14.4. The maximum Gasteiger partial charge on any atom is 1.00 e. The number of benzene rings is 3. The van der Waals surface area contributed by atoms with Crippen molar-refractivity contribution in [2.24, 2.45) is 0 Å². The van der Waals surface area contributed by atoms with Crippen LogP contribution < -0.4 is 49.5 Å². The smallest absolute Gasteiger partial charge is 0.549 e. The molecule has 1 aliphatic rings. The van der Waals surface area contributed by atoms with E-state index in [9.17, 15) is 19.1 Å². The van der Waals surface area contributed by atoms with Crippen molar-refractivity contribution in [2.45, 2.75) is 25.0 Å². The number of aliphatic carboxylic acids is 1. The Bertz CT molecular complexity index is 1220. The zero-order chi connectivity index (χ0) is 24.9. The fraction of sp³-hybridized carbons (Fsp3) is 0.231. The second kappa shape index (κ2) is 12.6. The van der Waals surface area contributed by atoms with E-state index in [-0.39, 0.29) is 52.9 Å². The summed E-state index contributed by atoms with van der Waals surface area (Å²) in [5.41, 5.74) is 1.66. The van der Waals surface area contributed by atoms with Crippen LogP contribution in [0.5, 0.6) is 17.2 Å². The van der Waals surface area contributed by atoms with E-state index >= 15 is 0 Å². The molecular formula is C26H22ClFNNaO6. The minimum absolute atomic E-state index is 0. The van der Waals surface area contributed by atoms with Gasteiger partial charge in [0.1, 0.15) is 29.3 Å². The standard InChI is InChI=1S/C26H23ClFNO6.Na/c1-33-24(12-15-2-6-17(28)7-3-15)29-25(30)16-4-8-18(9-5-16)35-23-14-22-20(13-21(23)27)19(26(31)32)10-11-34-22;/h2-9,13-14,19,24H,10-12H2,1H3,(H,29,30)(H,31,32);/q;+1/p-1. The molecule has 3 aromatic rings. The zero-order valence-electron chi connectivity index (χ0n) is 19.8. The molecule has 2 atom stereocenters. The van der Waals surface area contributed by atoms with Gasteiger partial charge in [-0.25, -0.2) is 4.39 Å². The SMILES string of the molecule is COC(Cc1ccc(F)cc1)NC(=O)c1ccc(Oc2cc3c(cc2Cl)C(C(=O)[O-])CCO3)cc1.[Na+]. The molecule has 0 bridgehead atoms. The molecule has 0 fully saturated rings. The van der Waals surface area contributed by atoms with Crippen molar-refractivity contribution < 1.29 is 62.9 Å². The Labute approximate surface area is 234 Å². The molecule has 2 unspecified atom stereocenters. The van der Waals surface area contributed by atoms with Gasteiger partial charge < -0.3 is 29.4 Å². The Morgan fingerprint density at radius 2 is 1.86 bits per heavy atom. The first-order chi connectivity index (χ1) is 16.8. The minimum Gasteiger partial charge on any atom is -0.549 e. The third kappa shape index (κ3) is 6.78. The van der Waals surface area contributed by atoms with Crippen molar-refractivity contribution in [3.05, 3.63) is 88.2 Å². The Balaban J connectivity index is 0.00000361. The van der Waals surface area contributed by atoms with Crippen LogP contribution in [0.3, 0.4) is 0 Å². The van der Waals surface area contributed by atoms with Crippen LogP contribution in [0.25, 0.3) is 0 Å². The number of fused-ring (bicyclic) bond motifs is 1. The van der Waals surface area contributed by atoms with E-state index in [1.807, 2.05) is 0 Å². The second-order valence-electron chi connectivity index (χ2n) is 7.98. The van der Waals surface area contributed by atoms with Crippen LogP contribution in [-0.4, -0.2) is 31.8 Å². The van der Waals surface area contributed by atoms with Crippen LogP contribution in [0.4, 0.5) is 4.39 Å². The molecule has 0 saturated heterocycles. The van der Waals surface area contributed by atoms with Gasteiger partial charge in [-0.1, -0.05) is 23.7 Å². The van der Waals surface area contributed by atoms with Gasteiger partial charge in [-0.2, -0.15) is 0 Å². The monoisotopic (exact) mass is 521 g/mol. The molecule has 7 nitrogen and oxygen atoms in total. The van der Waals surface area contributed by atoms with Gasteiger partial charge in [0.2, 0.25) is 0 Å². The van der Waals surface area contributed by atoms with Gasteiger partial charge in [0, 0.05) is 42.6 Å². The minimum atomic E-state index is -1.18. The number of rotatable bonds is 8. The molecule has 0 aromatic heterocycles. The molecule has 1 heterocycles. The average Bonchev–Trinajstić information content (AvgIpc) is 2.85. The number of hydrogen-bond acceptors (Lipinski definition) is 6. The van der Waals surface area contributed by atoms with Crippen LogP contribution in [-0.2, 0) is 16.0 Å². The van der Waals surface area contributed by atoms with Crippen LogP contribution in [0.15, 0.2) is 60.7 Å². The van der Waals surface area contributed by atoms with E-state index in [0.717, 1.165) is 5.56 Å². The van der Waals surface area contributed by atoms with E-state index in [2.05, 4.69) is 5.32 Å². The average molecular weight is 522 g/mol. The number of methoxy groups -OCH3 is 1. The quantitative estimate of drug-likeness (QED) is 0.348. The van der Waals surface area contributed by atoms with Crippen LogP contribution in [0.2, 0.25) is 5.02 Å². The fourth-order valence-corrected chi connectivity index (χ4v) is 3.98. The second-order valence-corrected chi connectivity index (χ2v) is 8.39. The predicted molar refractivity (Wildman–Crippen MR) is 124 cm³/mol. The van der Waals surface area contributed by atoms with Gasteiger partial charge in [-0.3, -0.25) is 4.79 Å². The maximum absolute atomic E-state index is 13.1. The summed E-state index contributed by atoms with van der Waals surface area (Å²) < 4.78 is 29.8. The summed E-state index contributed by atoms with van der Waals surface area (Å²) in [6, 6.07) is 15.4. The van der Waals surface area contributed by atoms with E-state index in [0.29, 0.717) is 41.2 Å². The molecular weight excluding hydrogens is 500 g/mol. The number of carbonyl (C=O) groups is 2. The number of hydrogen-bond donors (Lipinski definition) is 1. The molecule has 1 aliphatic heterocycles. The van der Waals surface area contributed by atoms with Crippen molar-refractivity contribution in [3.63, 3.8) is 0 Å². The molecule has 0 radical (unpaired) electrons. The summed E-state index contributed by atoms with van der Waals surface area (Å²) >= 11 is 6.32.